The normalized spacial score (nSPS) is 44.9. The highest BCUT2D eigenvalue weighted by Crippen LogP contribution is 2.64. The van der Waals surface area contributed by atoms with Crippen molar-refractivity contribution in [2.75, 3.05) is 7.11 Å². The topological polar surface area (TPSA) is 127 Å². The quantitative estimate of drug-likeness (QED) is 0.401. The van der Waals surface area contributed by atoms with Gasteiger partial charge >= 0.3 is 11.9 Å². The molecule has 3 N–H and O–H groups in total. The maximum absolute atomic E-state index is 13.1. The predicted octanol–water partition coefficient (Wildman–Crippen LogP) is 2.79. The lowest BCUT2D eigenvalue weighted by molar-refractivity contribution is -0.173. The van der Waals surface area contributed by atoms with E-state index >= 15 is 0 Å². The summed E-state index contributed by atoms with van der Waals surface area (Å²) in [7, 11) is 1.47. The van der Waals surface area contributed by atoms with Gasteiger partial charge in [-0.2, -0.15) is 0 Å². The van der Waals surface area contributed by atoms with Crippen molar-refractivity contribution in [1.29, 1.82) is 0 Å². The van der Waals surface area contributed by atoms with Gasteiger partial charge in [-0.15, -0.1) is 0 Å². The lowest BCUT2D eigenvalue weighted by atomic mass is 9.53. The lowest BCUT2D eigenvalue weighted by Crippen LogP contribution is -2.59. The number of aliphatic hydroxyl groups excluding tert-OH is 2. The zero-order chi connectivity index (χ0) is 27.5. The molecule has 4 aliphatic rings. The number of nitrogens with one attached hydrogen (secondary N) is 1. The van der Waals surface area contributed by atoms with Crippen molar-refractivity contribution in [1.82, 2.24) is 4.98 Å². The van der Waals surface area contributed by atoms with E-state index in [2.05, 4.69) is 11.6 Å². The summed E-state index contributed by atoms with van der Waals surface area (Å²) in [5, 5.41) is 22.2. The molecule has 1 saturated heterocycles. The van der Waals surface area contributed by atoms with Crippen LogP contribution < -0.4 is 0 Å². The van der Waals surface area contributed by atoms with Gasteiger partial charge in [-0.25, -0.2) is 9.59 Å². The van der Waals surface area contributed by atoms with Crippen LogP contribution in [0, 0.1) is 29.6 Å². The minimum Gasteiger partial charge on any atom is -0.457 e. The van der Waals surface area contributed by atoms with Crippen molar-refractivity contribution in [3.8, 4) is 0 Å². The third-order valence-electron chi connectivity index (χ3n) is 9.38. The summed E-state index contributed by atoms with van der Waals surface area (Å²) in [6.07, 6.45) is -0.0557. The van der Waals surface area contributed by atoms with Gasteiger partial charge in [0.05, 0.1) is 17.8 Å². The summed E-state index contributed by atoms with van der Waals surface area (Å²) in [5.74, 6) is -2.54. The Morgan fingerprint density at radius 3 is 2.71 bits per heavy atom. The molecule has 2 aliphatic carbocycles. The van der Waals surface area contributed by atoms with E-state index < -0.39 is 54.2 Å². The molecule has 208 valence electrons. The molecular weight excluding hydrogens is 490 g/mol. The first-order valence-corrected chi connectivity index (χ1v) is 13.5. The van der Waals surface area contributed by atoms with Gasteiger partial charge in [-0.1, -0.05) is 32.1 Å². The van der Waals surface area contributed by atoms with Crippen molar-refractivity contribution < 1.29 is 38.7 Å². The Balaban J connectivity index is 1.60. The molecular formula is C29H39NO8. The van der Waals surface area contributed by atoms with E-state index in [4.69, 9.17) is 18.9 Å². The molecule has 12 atom stereocenters. The smallest absolute Gasteiger partial charge is 0.355 e. The van der Waals surface area contributed by atoms with Crippen LogP contribution in [0.3, 0.4) is 0 Å². The number of aromatic nitrogens is 1. The van der Waals surface area contributed by atoms with Crippen LogP contribution in [0.2, 0.25) is 0 Å². The standard InChI is InChI=1S/C29H39NO8/c1-13-11-18-12-20(35-6)28(34)36-24(17(5)31)14(2)10-15(3)29(18)22-21(13)26(38-29)25(16(4)23(22)32)37-27(33)19-8-7-9-30-19/h7-10,14,16-18,20-26,30-32H,1,11-12H2,2-6H3/b15-10+/t14-,16-,17-,18-,20+,21-,22+,23-,24+,25-,26-,29+/m1/s1. The first kappa shape index (κ1) is 27.1. The van der Waals surface area contributed by atoms with Crippen molar-refractivity contribution in [3.63, 3.8) is 0 Å². The number of ether oxygens (including phenoxy) is 4. The molecule has 9 heteroatoms. The van der Waals surface area contributed by atoms with Gasteiger partial charge in [-0.3, -0.25) is 0 Å². The molecule has 3 fully saturated rings. The largest absolute Gasteiger partial charge is 0.457 e. The van der Waals surface area contributed by atoms with Gasteiger partial charge in [0.25, 0.3) is 0 Å². The summed E-state index contributed by atoms with van der Waals surface area (Å²) in [6, 6.07) is 3.37. The minimum absolute atomic E-state index is 0.221. The van der Waals surface area contributed by atoms with Crippen LogP contribution >= 0.6 is 0 Å². The molecule has 2 aliphatic heterocycles. The first-order valence-electron chi connectivity index (χ1n) is 13.5. The molecule has 0 radical (unpaired) electrons. The third kappa shape index (κ3) is 4.06. The summed E-state index contributed by atoms with van der Waals surface area (Å²) in [4.78, 5) is 29.0. The highest BCUT2D eigenvalue weighted by molar-refractivity contribution is 5.87. The van der Waals surface area contributed by atoms with Crippen LogP contribution in [-0.2, 0) is 23.7 Å². The van der Waals surface area contributed by atoms with E-state index in [0.717, 1.165) is 11.1 Å². The van der Waals surface area contributed by atoms with Gasteiger partial charge in [-0.05, 0) is 50.3 Å². The number of carbonyl (C=O) groups is 2. The zero-order valence-electron chi connectivity index (χ0n) is 22.6. The Kier molecular flexibility index (Phi) is 7.09. The number of cyclic esters (lactones) is 1. The fraction of sp³-hybridized carbons (Fsp3) is 0.655. The Morgan fingerprint density at radius 1 is 1.34 bits per heavy atom. The van der Waals surface area contributed by atoms with Crippen LogP contribution in [0.25, 0.3) is 0 Å². The number of hydrogen-bond donors (Lipinski definition) is 3. The maximum atomic E-state index is 13.1. The molecule has 1 aromatic rings. The fourth-order valence-corrected chi connectivity index (χ4v) is 7.64. The van der Waals surface area contributed by atoms with E-state index in [9.17, 15) is 19.8 Å². The first-order chi connectivity index (χ1) is 18.0. The zero-order valence-corrected chi connectivity index (χ0v) is 22.6. The monoisotopic (exact) mass is 529 g/mol. The molecule has 38 heavy (non-hydrogen) atoms. The average molecular weight is 530 g/mol. The van der Waals surface area contributed by atoms with Crippen molar-refractivity contribution in [2.45, 2.75) is 82.8 Å². The number of carbonyl (C=O) groups excluding carboxylic acids is 2. The van der Waals surface area contributed by atoms with E-state index in [-0.39, 0.29) is 29.6 Å². The number of aliphatic hydroxyl groups is 2. The molecule has 4 bridgehead atoms. The van der Waals surface area contributed by atoms with Crippen molar-refractivity contribution >= 4 is 11.9 Å². The van der Waals surface area contributed by atoms with E-state index in [1.54, 1.807) is 25.3 Å². The predicted molar refractivity (Wildman–Crippen MR) is 137 cm³/mol. The van der Waals surface area contributed by atoms with E-state index in [0.29, 0.717) is 18.5 Å². The summed E-state index contributed by atoms with van der Waals surface area (Å²) in [5.41, 5.74) is 1.22. The fourth-order valence-electron chi connectivity index (χ4n) is 7.64. The second-order valence-corrected chi connectivity index (χ2v) is 11.6. The molecule has 0 aromatic carbocycles. The van der Waals surface area contributed by atoms with Gasteiger partial charge in [0.1, 0.15) is 24.0 Å². The highest BCUT2D eigenvalue weighted by Gasteiger charge is 2.71. The Hall–Kier alpha value is -2.46. The Labute approximate surface area is 223 Å². The SMILES string of the molecule is C=C1C[C@@H]2C[C@H](OC)C(=O)O[C@H]([C@@H](C)O)[C@H](C)/C=C(\C)[C@]23O[C@H]2[C@H](OC(=O)c4ccc[nH]4)[C@H](C)[C@@H](O)[C@@H]3[C@@H]12. The Morgan fingerprint density at radius 2 is 2.08 bits per heavy atom. The van der Waals surface area contributed by atoms with Crippen LogP contribution in [0.15, 0.2) is 42.1 Å². The van der Waals surface area contributed by atoms with E-state index in [1.807, 2.05) is 26.8 Å². The Bertz CT molecular complexity index is 1110. The van der Waals surface area contributed by atoms with Crippen molar-refractivity contribution in [3.05, 3.63) is 47.8 Å². The number of methoxy groups -OCH3 is 1. The van der Waals surface area contributed by atoms with Gasteiger partial charge in [0, 0.05) is 37.0 Å². The van der Waals surface area contributed by atoms with Gasteiger partial charge in [0.15, 0.2) is 6.10 Å². The molecule has 0 unspecified atom stereocenters. The second-order valence-electron chi connectivity index (χ2n) is 11.6. The molecule has 2 saturated carbocycles. The minimum atomic E-state index is -0.927. The van der Waals surface area contributed by atoms with Crippen LogP contribution in [-0.4, -0.2) is 76.5 Å². The number of aromatic amines is 1. The molecule has 3 heterocycles. The number of rotatable bonds is 4. The van der Waals surface area contributed by atoms with Crippen LogP contribution in [0.5, 0.6) is 0 Å². The lowest BCUT2D eigenvalue weighted by Gasteiger charge is -2.51. The average Bonchev–Trinajstić information content (AvgIpc) is 3.49. The number of esters is 2. The molecule has 0 amide bonds. The number of hydrogen-bond acceptors (Lipinski definition) is 8. The summed E-state index contributed by atoms with van der Waals surface area (Å²) >= 11 is 0. The third-order valence-corrected chi connectivity index (χ3v) is 9.38. The summed E-state index contributed by atoms with van der Waals surface area (Å²) < 4.78 is 24.3. The molecule has 1 aromatic heterocycles. The summed E-state index contributed by atoms with van der Waals surface area (Å²) in [6.45, 7) is 11.7. The molecule has 5 rings (SSSR count). The van der Waals surface area contributed by atoms with Gasteiger partial charge < -0.3 is 34.1 Å². The van der Waals surface area contributed by atoms with Gasteiger partial charge in [0.2, 0.25) is 0 Å². The maximum Gasteiger partial charge on any atom is 0.355 e. The second kappa shape index (κ2) is 9.93. The number of H-pyrrole nitrogens is 1. The molecule has 9 nitrogen and oxygen atoms in total. The highest BCUT2D eigenvalue weighted by atomic mass is 16.6. The van der Waals surface area contributed by atoms with Crippen LogP contribution in [0.1, 0.15) is 51.0 Å². The molecule has 1 spiro atoms. The van der Waals surface area contributed by atoms with Crippen LogP contribution in [0.4, 0.5) is 0 Å². The van der Waals surface area contributed by atoms with Crippen molar-refractivity contribution in [2.24, 2.45) is 29.6 Å². The van der Waals surface area contributed by atoms with E-state index in [1.165, 1.54) is 7.11 Å².